The van der Waals surface area contributed by atoms with Crippen molar-refractivity contribution in [3.8, 4) is 0 Å². The molecule has 0 aliphatic rings. The number of benzene rings is 1. The highest BCUT2D eigenvalue weighted by molar-refractivity contribution is 5.66. The molecule has 25 heavy (non-hydrogen) atoms. The number of rotatable bonds is 14. The summed E-state index contributed by atoms with van der Waals surface area (Å²) in [6, 6.07) is 6.67. The van der Waals surface area contributed by atoms with Crippen molar-refractivity contribution in [2.75, 3.05) is 0 Å². The average molecular weight is 348 g/mol. The summed E-state index contributed by atoms with van der Waals surface area (Å²) in [6.07, 6.45) is 10.2. The predicted octanol–water partition coefficient (Wildman–Crippen LogP) is 5.01. The molecule has 0 saturated carbocycles. The Morgan fingerprint density at radius 1 is 0.760 bits per heavy atom. The number of hydrogen-bond acceptors (Lipinski definition) is 2. The Bertz CT molecular complexity index is 537. The molecule has 1 aromatic carbocycles. The van der Waals surface area contributed by atoms with E-state index in [0.29, 0.717) is 12.8 Å². The van der Waals surface area contributed by atoms with Gasteiger partial charge in [0, 0.05) is 12.8 Å². The van der Waals surface area contributed by atoms with Crippen LogP contribution in [0.15, 0.2) is 18.2 Å². The number of carbonyl (C=O) groups is 2. The van der Waals surface area contributed by atoms with Gasteiger partial charge in [-0.2, -0.15) is 0 Å². The van der Waals surface area contributed by atoms with E-state index in [1.54, 1.807) is 0 Å². The molecule has 1 aromatic rings. The summed E-state index contributed by atoms with van der Waals surface area (Å²) in [5, 5.41) is 17.5. The van der Waals surface area contributed by atoms with Crippen LogP contribution in [0, 0.1) is 0 Å². The average Bonchev–Trinajstić information content (AvgIpc) is 2.56. The van der Waals surface area contributed by atoms with Gasteiger partial charge in [-0.05, 0) is 68.1 Å². The van der Waals surface area contributed by atoms with E-state index in [-0.39, 0.29) is 12.8 Å². The first-order valence-corrected chi connectivity index (χ1v) is 9.57. The van der Waals surface area contributed by atoms with Crippen LogP contribution in [0.3, 0.4) is 0 Å². The Hall–Kier alpha value is -1.84. The molecule has 0 radical (unpaired) electrons. The van der Waals surface area contributed by atoms with Crippen LogP contribution >= 0.6 is 0 Å². The molecular formula is C21H32O4. The second-order valence-electron chi connectivity index (χ2n) is 6.76. The smallest absolute Gasteiger partial charge is 0.303 e. The zero-order chi connectivity index (χ0) is 18.5. The number of aliphatic carboxylic acids is 2. The van der Waals surface area contributed by atoms with Gasteiger partial charge in [-0.25, -0.2) is 0 Å². The fourth-order valence-corrected chi connectivity index (χ4v) is 3.07. The van der Waals surface area contributed by atoms with Crippen LogP contribution in [0.5, 0.6) is 0 Å². The Morgan fingerprint density at radius 3 is 1.88 bits per heavy atom. The van der Waals surface area contributed by atoms with Crippen molar-refractivity contribution in [3.05, 3.63) is 34.9 Å². The highest BCUT2D eigenvalue weighted by Crippen LogP contribution is 2.20. The van der Waals surface area contributed by atoms with E-state index < -0.39 is 11.9 Å². The summed E-state index contributed by atoms with van der Waals surface area (Å²) in [5.41, 5.74) is 3.96. The quantitative estimate of drug-likeness (QED) is 0.463. The number of hydrogen-bond donors (Lipinski definition) is 2. The first kappa shape index (κ1) is 21.2. The molecule has 2 N–H and O–H groups in total. The van der Waals surface area contributed by atoms with Gasteiger partial charge in [-0.1, -0.05) is 38.0 Å². The minimum Gasteiger partial charge on any atom is -0.481 e. The standard InChI is InChI=1S/C21H32O4/c1-2-3-4-9-17-14-15-18(10-5-7-12-20(22)23)19(16-17)11-6-8-13-21(24)25/h14-16H,2-13H2,1H3,(H,22,23)(H,24,25). The van der Waals surface area contributed by atoms with Gasteiger partial charge >= 0.3 is 11.9 Å². The van der Waals surface area contributed by atoms with Crippen LogP contribution in [0.2, 0.25) is 0 Å². The van der Waals surface area contributed by atoms with Crippen molar-refractivity contribution in [2.45, 2.75) is 84.0 Å². The van der Waals surface area contributed by atoms with E-state index in [0.717, 1.165) is 32.1 Å². The van der Waals surface area contributed by atoms with Crippen LogP contribution in [-0.4, -0.2) is 22.2 Å². The maximum atomic E-state index is 10.7. The minimum atomic E-state index is -0.736. The molecular weight excluding hydrogens is 316 g/mol. The van der Waals surface area contributed by atoms with E-state index >= 15 is 0 Å². The summed E-state index contributed by atoms with van der Waals surface area (Å²) >= 11 is 0. The van der Waals surface area contributed by atoms with Crippen molar-refractivity contribution in [2.24, 2.45) is 0 Å². The second-order valence-corrected chi connectivity index (χ2v) is 6.76. The Morgan fingerprint density at radius 2 is 1.32 bits per heavy atom. The van der Waals surface area contributed by atoms with Gasteiger partial charge < -0.3 is 10.2 Å². The summed E-state index contributed by atoms with van der Waals surface area (Å²) in [5.74, 6) is -1.47. The third kappa shape index (κ3) is 9.90. The van der Waals surface area contributed by atoms with Crippen molar-refractivity contribution < 1.29 is 19.8 Å². The molecule has 0 aliphatic heterocycles. The largest absolute Gasteiger partial charge is 0.481 e. The van der Waals surface area contributed by atoms with E-state index in [9.17, 15) is 9.59 Å². The molecule has 1 rings (SSSR count). The SMILES string of the molecule is CCCCCc1ccc(CCCCC(=O)O)c(CCCCC(=O)O)c1. The minimum absolute atomic E-state index is 0.225. The van der Waals surface area contributed by atoms with Gasteiger partial charge in [0.2, 0.25) is 0 Å². The summed E-state index contributed by atoms with van der Waals surface area (Å²) in [4.78, 5) is 21.3. The molecule has 4 nitrogen and oxygen atoms in total. The topological polar surface area (TPSA) is 74.6 Å². The lowest BCUT2D eigenvalue weighted by Gasteiger charge is -2.12. The Labute approximate surface area is 151 Å². The Kier molecular flexibility index (Phi) is 10.6. The zero-order valence-electron chi connectivity index (χ0n) is 15.4. The number of carboxylic acids is 2. The number of carboxylic acid groups (broad SMARTS) is 2. The lowest BCUT2D eigenvalue weighted by Crippen LogP contribution is -2.00. The Balaban J connectivity index is 2.64. The monoisotopic (exact) mass is 348 g/mol. The first-order chi connectivity index (χ1) is 12.0. The van der Waals surface area contributed by atoms with Gasteiger partial charge in [0.1, 0.15) is 0 Å². The number of aryl methyl sites for hydroxylation is 3. The van der Waals surface area contributed by atoms with E-state index in [1.165, 1.54) is 36.0 Å². The van der Waals surface area contributed by atoms with Gasteiger partial charge in [-0.15, -0.1) is 0 Å². The number of unbranched alkanes of at least 4 members (excludes halogenated alkanes) is 4. The van der Waals surface area contributed by atoms with E-state index in [4.69, 9.17) is 10.2 Å². The highest BCUT2D eigenvalue weighted by Gasteiger charge is 2.07. The van der Waals surface area contributed by atoms with Crippen LogP contribution in [0.1, 0.15) is 81.4 Å². The maximum absolute atomic E-state index is 10.7. The maximum Gasteiger partial charge on any atom is 0.303 e. The molecule has 0 aliphatic carbocycles. The summed E-state index contributed by atoms with van der Waals surface area (Å²) in [6.45, 7) is 2.20. The van der Waals surface area contributed by atoms with Gasteiger partial charge in [0.05, 0.1) is 0 Å². The lowest BCUT2D eigenvalue weighted by atomic mass is 9.93. The molecule has 0 amide bonds. The molecule has 140 valence electrons. The fourth-order valence-electron chi connectivity index (χ4n) is 3.07. The van der Waals surface area contributed by atoms with Crippen molar-refractivity contribution >= 4 is 11.9 Å². The third-order valence-electron chi connectivity index (χ3n) is 4.51. The molecule has 0 unspecified atom stereocenters. The second kappa shape index (κ2) is 12.5. The fraction of sp³-hybridized carbons (Fsp3) is 0.619. The van der Waals surface area contributed by atoms with Crippen molar-refractivity contribution in [1.29, 1.82) is 0 Å². The van der Waals surface area contributed by atoms with Gasteiger partial charge in [0.25, 0.3) is 0 Å². The lowest BCUT2D eigenvalue weighted by molar-refractivity contribution is -0.138. The van der Waals surface area contributed by atoms with Gasteiger partial charge in [0.15, 0.2) is 0 Å². The molecule has 0 atom stereocenters. The van der Waals surface area contributed by atoms with Crippen LogP contribution in [0.4, 0.5) is 0 Å². The third-order valence-corrected chi connectivity index (χ3v) is 4.51. The first-order valence-electron chi connectivity index (χ1n) is 9.57. The van der Waals surface area contributed by atoms with Crippen molar-refractivity contribution in [3.63, 3.8) is 0 Å². The van der Waals surface area contributed by atoms with Crippen LogP contribution in [-0.2, 0) is 28.9 Å². The summed E-state index contributed by atoms with van der Waals surface area (Å²) < 4.78 is 0. The zero-order valence-corrected chi connectivity index (χ0v) is 15.4. The van der Waals surface area contributed by atoms with E-state index in [2.05, 4.69) is 25.1 Å². The van der Waals surface area contributed by atoms with Gasteiger partial charge in [-0.3, -0.25) is 9.59 Å². The van der Waals surface area contributed by atoms with E-state index in [1.807, 2.05) is 0 Å². The van der Waals surface area contributed by atoms with Crippen LogP contribution < -0.4 is 0 Å². The highest BCUT2D eigenvalue weighted by atomic mass is 16.4. The molecule has 4 heteroatoms. The predicted molar refractivity (Wildman–Crippen MR) is 100 cm³/mol. The normalized spacial score (nSPS) is 10.8. The molecule has 0 aromatic heterocycles. The van der Waals surface area contributed by atoms with Crippen molar-refractivity contribution in [1.82, 2.24) is 0 Å². The molecule has 0 fully saturated rings. The molecule has 0 heterocycles. The molecule has 0 bridgehead atoms. The van der Waals surface area contributed by atoms with Crippen LogP contribution in [0.25, 0.3) is 0 Å². The molecule has 0 spiro atoms. The summed E-state index contributed by atoms with van der Waals surface area (Å²) in [7, 11) is 0. The molecule has 0 saturated heterocycles.